The summed E-state index contributed by atoms with van der Waals surface area (Å²) in [5, 5.41) is 14.1. The smallest absolute Gasteiger partial charge is 0.410 e. The molecule has 2 N–H and O–H groups in total. The number of ether oxygens (including phenoxy) is 3. The van der Waals surface area contributed by atoms with E-state index in [4.69, 9.17) is 19.9 Å². The molecule has 0 spiro atoms. The minimum atomic E-state index is -0.823. The van der Waals surface area contributed by atoms with Gasteiger partial charge in [-0.1, -0.05) is 0 Å². The highest BCUT2D eigenvalue weighted by Gasteiger charge is 2.26. The van der Waals surface area contributed by atoms with Crippen molar-refractivity contribution in [2.45, 2.75) is 45.9 Å². The van der Waals surface area contributed by atoms with E-state index in [9.17, 15) is 19.2 Å². The SMILES string of the molecule is COC(=O)c1ccc(F)cc1C(C)Oc1cc(-c2c(C#N)nn(C)c2CN(C)C(=O)OC(C)(C)C)cnc1N. The van der Waals surface area contributed by atoms with Gasteiger partial charge in [-0.3, -0.25) is 4.68 Å². The standard InChI is InChI=1S/C27H31FN6O5/c1-15(19-11-17(28)8-9-18(19)25(35)37-7)38-22-10-16(13-31-24(22)30)23-20(12-29)32-34(6)21(23)14-33(5)26(36)39-27(2,3)4/h8-11,13,15H,14H2,1-7H3,(H2,30,31). The van der Waals surface area contributed by atoms with Crippen molar-refractivity contribution in [2.24, 2.45) is 7.05 Å². The first-order valence-corrected chi connectivity index (χ1v) is 12.0. The highest BCUT2D eigenvalue weighted by molar-refractivity contribution is 5.91. The summed E-state index contributed by atoms with van der Waals surface area (Å²) in [5.74, 6) is -1.02. The number of hydrogen-bond donors (Lipinski definition) is 1. The van der Waals surface area contributed by atoms with Crippen LogP contribution >= 0.6 is 0 Å². The van der Waals surface area contributed by atoms with E-state index in [1.165, 1.54) is 35.0 Å². The maximum absolute atomic E-state index is 14.0. The molecule has 0 saturated heterocycles. The third kappa shape index (κ3) is 6.62. The molecule has 12 heteroatoms. The van der Waals surface area contributed by atoms with Crippen LogP contribution in [0.4, 0.5) is 15.0 Å². The quantitative estimate of drug-likeness (QED) is 0.433. The largest absolute Gasteiger partial charge is 0.482 e. The van der Waals surface area contributed by atoms with Gasteiger partial charge >= 0.3 is 12.1 Å². The summed E-state index contributed by atoms with van der Waals surface area (Å²) in [6.07, 6.45) is 0.0956. The predicted octanol–water partition coefficient (Wildman–Crippen LogP) is 4.37. The number of esters is 1. The lowest BCUT2D eigenvalue weighted by Crippen LogP contribution is -2.34. The van der Waals surface area contributed by atoms with E-state index in [1.807, 2.05) is 0 Å². The lowest BCUT2D eigenvalue weighted by Gasteiger charge is -2.25. The van der Waals surface area contributed by atoms with Crippen molar-refractivity contribution in [3.63, 3.8) is 0 Å². The molecule has 3 aromatic rings. The van der Waals surface area contributed by atoms with Crippen molar-refractivity contribution < 1.29 is 28.2 Å². The van der Waals surface area contributed by atoms with Crippen LogP contribution in [0.2, 0.25) is 0 Å². The van der Waals surface area contributed by atoms with Gasteiger partial charge in [0, 0.05) is 37.0 Å². The summed E-state index contributed by atoms with van der Waals surface area (Å²) in [4.78, 5) is 30.4. The first-order valence-electron chi connectivity index (χ1n) is 12.0. The second-order valence-electron chi connectivity index (χ2n) is 9.83. The number of aromatic nitrogens is 3. The van der Waals surface area contributed by atoms with Crippen molar-refractivity contribution in [2.75, 3.05) is 19.9 Å². The number of nitrogen functional groups attached to an aromatic ring is 1. The van der Waals surface area contributed by atoms with Crippen LogP contribution in [0.1, 0.15) is 61.1 Å². The van der Waals surface area contributed by atoms with E-state index in [1.54, 1.807) is 47.9 Å². The fourth-order valence-corrected chi connectivity index (χ4v) is 3.86. The van der Waals surface area contributed by atoms with Crippen LogP contribution in [0.3, 0.4) is 0 Å². The number of anilines is 1. The van der Waals surface area contributed by atoms with Gasteiger partial charge in [-0.2, -0.15) is 10.4 Å². The topological polar surface area (TPSA) is 146 Å². The fourth-order valence-electron chi connectivity index (χ4n) is 3.86. The van der Waals surface area contributed by atoms with Crippen molar-refractivity contribution in [1.29, 1.82) is 5.26 Å². The minimum Gasteiger partial charge on any atom is -0.482 e. The highest BCUT2D eigenvalue weighted by Crippen LogP contribution is 2.35. The van der Waals surface area contributed by atoms with Crippen molar-refractivity contribution >= 4 is 17.9 Å². The third-order valence-corrected chi connectivity index (χ3v) is 5.70. The molecule has 0 radical (unpaired) electrons. The number of nitrogens with zero attached hydrogens (tertiary/aromatic N) is 5. The summed E-state index contributed by atoms with van der Waals surface area (Å²) in [5.41, 5.74) is 7.33. The minimum absolute atomic E-state index is 0.0384. The van der Waals surface area contributed by atoms with Crippen molar-refractivity contribution in [3.8, 4) is 22.9 Å². The van der Waals surface area contributed by atoms with Crippen LogP contribution in [-0.4, -0.2) is 51.5 Å². The molecule has 39 heavy (non-hydrogen) atoms. The number of pyridine rings is 1. The second kappa shape index (κ2) is 11.4. The molecule has 1 unspecified atom stereocenters. The fraction of sp³-hybridized carbons (Fsp3) is 0.370. The molecule has 1 amide bonds. The molecule has 1 aromatic carbocycles. The van der Waals surface area contributed by atoms with Gasteiger partial charge in [0.15, 0.2) is 17.3 Å². The number of amides is 1. The molecule has 2 aromatic heterocycles. The lowest BCUT2D eigenvalue weighted by atomic mass is 10.0. The number of nitrogens with two attached hydrogens (primary N) is 1. The van der Waals surface area contributed by atoms with E-state index in [2.05, 4.69) is 16.2 Å². The Morgan fingerprint density at radius 1 is 1.28 bits per heavy atom. The maximum Gasteiger partial charge on any atom is 0.410 e. The molecule has 2 heterocycles. The average Bonchev–Trinajstić information content (AvgIpc) is 3.18. The Labute approximate surface area is 225 Å². The molecule has 0 bridgehead atoms. The molecule has 0 saturated carbocycles. The molecule has 3 rings (SSSR count). The number of aryl methyl sites for hydroxylation is 1. The van der Waals surface area contributed by atoms with Crippen molar-refractivity contribution in [1.82, 2.24) is 19.7 Å². The number of nitriles is 1. The summed E-state index contributed by atoms with van der Waals surface area (Å²) in [7, 11) is 4.46. The first kappa shape index (κ1) is 28.9. The van der Waals surface area contributed by atoms with E-state index < -0.39 is 29.6 Å². The molecule has 0 aliphatic heterocycles. The number of benzene rings is 1. The molecule has 11 nitrogen and oxygen atoms in total. The zero-order valence-electron chi connectivity index (χ0n) is 22.9. The monoisotopic (exact) mass is 538 g/mol. The van der Waals surface area contributed by atoms with Gasteiger partial charge in [-0.15, -0.1) is 0 Å². The van der Waals surface area contributed by atoms with E-state index in [0.29, 0.717) is 16.8 Å². The number of hydrogen-bond acceptors (Lipinski definition) is 9. The number of carbonyl (C=O) groups is 2. The molecule has 206 valence electrons. The second-order valence-corrected chi connectivity index (χ2v) is 9.83. The van der Waals surface area contributed by atoms with Crippen LogP contribution in [0.15, 0.2) is 30.5 Å². The van der Waals surface area contributed by atoms with Crippen LogP contribution in [-0.2, 0) is 23.1 Å². The summed E-state index contributed by atoms with van der Waals surface area (Å²) in [6, 6.07) is 7.30. The van der Waals surface area contributed by atoms with Gasteiger partial charge < -0.3 is 24.8 Å². The highest BCUT2D eigenvalue weighted by atomic mass is 19.1. The van der Waals surface area contributed by atoms with Crippen molar-refractivity contribution in [3.05, 3.63) is 58.8 Å². The summed E-state index contributed by atoms with van der Waals surface area (Å²) in [6.45, 7) is 7.01. The maximum atomic E-state index is 14.0. The van der Waals surface area contributed by atoms with E-state index in [0.717, 1.165) is 6.07 Å². The Balaban J connectivity index is 2.00. The zero-order valence-corrected chi connectivity index (χ0v) is 22.9. The predicted molar refractivity (Wildman–Crippen MR) is 140 cm³/mol. The molecular formula is C27H31FN6O5. The Kier molecular flexibility index (Phi) is 8.44. The molecular weight excluding hydrogens is 507 g/mol. The van der Waals surface area contributed by atoms with Gasteiger partial charge in [0.25, 0.3) is 0 Å². The normalized spacial score (nSPS) is 11.9. The molecule has 0 aliphatic rings. The Hall–Kier alpha value is -4.66. The van der Waals surface area contributed by atoms with Gasteiger partial charge in [-0.05, 0) is 52.0 Å². The Bertz CT molecular complexity index is 1440. The van der Waals surface area contributed by atoms with Crippen LogP contribution in [0.25, 0.3) is 11.1 Å². The van der Waals surface area contributed by atoms with Crippen LogP contribution in [0, 0.1) is 17.1 Å². The van der Waals surface area contributed by atoms with Gasteiger partial charge in [0.05, 0.1) is 24.9 Å². The van der Waals surface area contributed by atoms with Crippen LogP contribution < -0.4 is 10.5 Å². The average molecular weight is 539 g/mol. The first-order chi connectivity index (χ1) is 18.2. The van der Waals surface area contributed by atoms with Gasteiger partial charge in [0.1, 0.15) is 23.6 Å². The number of methoxy groups -OCH3 is 1. The summed E-state index contributed by atoms with van der Waals surface area (Å²) < 4.78 is 31.8. The van der Waals surface area contributed by atoms with E-state index in [-0.39, 0.29) is 34.9 Å². The summed E-state index contributed by atoms with van der Waals surface area (Å²) >= 11 is 0. The molecule has 0 aliphatic carbocycles. The lowest BCUT2D eigenvalue weighted by molar-refractivity contribution is 0.0281. The van der Waals surface area contributed by atoms with Gasteiger partial charge in [0.2, 0.25) is 0 Å². The Morgan fingerprint density at radius 3 is 2.59 bits per heavy atom. The molecule has 0 fully saturated rings. The molecule has 1 atom stereocenters. The Morgan fingerprint density at radius 2 is 1.97 bits per heavy atom. The third-order valence-electron chi connectivity index (χ3n) is 5.70. The number of halogens is 1. The number of carbonyl (C=O) groups excluding carboxylic acids is 2. The van der Waals surface area contributed by atoms with Gasteiger partial charge in [-0.25, -0.2) is 19.0 Å². The zero-order chi connectivity index (χ0) is 29.1. The number of rotatable bonds is 7. The van der Waals surface area contributed by atoms with Crippen LogP contribution in [0.5, 0.6) is 5.75 Å². The van der Waals surface area contributed by atoms with E-state index >= 15 is 0 Å².